The number of rotatable bonds is 3. The summed E-state index contributed by atoms with van der Waals surface area (Å²) in [6.45, 7) is 4.65. The Hall–Kier alpha value is -1.46. The highest BCUT2D eigenvalue weighted by Crippen LogP contribution is 2.33. The second kappa shape index (κ2) is 6.57. The molecule has 0 N–H and O–H groups in total. The third-order valence-electron chi connectivity index (χ3n) is 5.45. The number of hydrogen-bond acceptors (Lipinski definition) is 4. The Balaban J connectivity index is 1.52. The van der Waals surface area contributed by atoms with Crippen molar-refractivity contribution in [2.24, 2.45) is 5.92 Å². The number of hydrogen-bond donors (Lipinski definition) is 0. The van der Waals surface area contributed by atoms with E-state index >= 15 is 0 Å². The minimum Gasteiger partial charge on any atom is -0.376 e. The van der Waals surface area contributed by atoms with Gasteiger partial charge < -0.3 is 9.64 Å². The molecule has 3 atom stereocenters. The maximum atomic E-state index is 12.3. The van der Waals surface area contributed by atoms with Gasteiger partial charge in [0.05, 0.1) is 12.1 Å². The Morgan fingerprint density at radius 1 is 1.30 bits per heavy atom. The first-order valence-electron chi connectivity index (χ1n) is 8.83. The SMILES string of the molecule is O=C1CCCN1[C@@H]1CN(Cc2cccnc2)C[C@@H]2CCCO[C@@H]21. The number of piperidine rings is 1. The number of carbonyl (C=O) groups excluding carboxylic acids is 1. The quantitative estimate of drug-likeness (QED) is 0.851. The van der Waals surface area contributed by atoms with Crippen molar-refractivity contribution < 1.29 is 9.53 Å². The highest BCUT2D eigenvalue weighted by molar-refractivity contribution is 5.78. The lowest BCUT2D eigenvalue weighted by molar-refractivity contribution is -0.145. The van der Waals surface area contributed by atoms with Gasteiger partial charge in [-0.05, 0) is 36.8 Å². The van der Waals surface area contributed by atoms with Gasteiger partial charge in [-0.25, -0.2) is 0 Å². The first-order chi connectivity index (χ1) is 11.3. The molecule has 1 amide bonds. The lowest BCUT2D eigenvalue weighted by Crippen LogP contribution is -2.61. The smallest absolute Gasteiger partial charge is 0.223 e. The van der Waals surface area contributed by atoms with Crippen LogP contribution in [0.4, 0.5) is 0 Å². The Labute approximate surface area is 137 Å². The van der Waals surface area contributed by atoms with Gasteiger partial charge in [0.15, 0.2) is 0 Å². The normalized spacial score (nSPS) is 32.1. The maximum absolute atomic E-state index is 12.3. The van der Waals surface area contributed by atoms with E-state index in [-0.39, 0.29) is 12.1 Å². The average molecular weight is 315 g/mol. The third-order valence-corrected chi connectivity index (χ3v) is 5.45. The minimum absolute atomic E-state index is 0.223. The van der Waals surface area contributed by atoms with Crippen molar-refractivity contribution >= 4 is 5.91 Å². The van der Waals surface area contributed by atoms with Crippen molar-refractivity contribution in [3.05, 3.63) is 30.1 Å². The second-order valence-electron chi connectivity index (χ2n) is 7.05. The zero-order valence-electron chi connectivity index (χ0n) is 13.6. The Morgan fingerprint density at radius 2 is 2.26 bits per heavy atom. The zero-order chi connectivity index (χ0) is 15.6. The summed E-state index contributed by atoms with van der Waals surface area (Å²) < 4.78 is 6.12. The molecule has 0 bridgehead atoms. The first kappa shape index (κ1) is 15.1. The number of fused-ring (bicyclic) bond motifs is 1. The molecule has 0 aromatic carbocycles. The van der Waals surface area contributed by atoms with Gasteiger partial charge in [0.25, 0.3) is 0 Å². The lowest BCUT2D eigenvalue weighted by atomic mass is 9.84. The summed E-state index contributed by atoms with van der Waals surface area (Å²) in [6, 6.07) is 4.35. The summed E-state index contributed by atoms with van der Waals surface area (Å²) in [7, 11) is 0. The van der Waals surface area contributed by atoms with Crippen LogP contribution in [0, 0.1) is 5.92 Å². The largest absolute Gasteiger partial charge is 0.376 e. The molecule has 5 nitrogen and oxygen atoms in total. The van der Waals surface area contributed by atoms with Gasteiger partial charge in [-0.2, -0.15) is 0 Å². The molecule has 3 aliphatic heterocycles. The van der Waals surface area contributed by atoms with Crippen molar-refractivity contribution in [3.8, 4) is 0 Å². The van der Waals surface area contributed by atoms with Crippen molar-refractivity contribution in [3.63, 3.8) is 0 Å². The van der Waals surface area contributed by atoms with Gasteiger partial charge >= 0.3 is 0 Å². The molecule has 124 valence electrons. The fraction of sp³-hybridized carbons (Fsp3) is 0.667. The van der Waals surface area contributed by atoms with Crippen LogP contribution in [0.25, 0.3) is 0 Å². The Morgan fingerprint density at radius 3 is 3.04 bits per heavy atom. The van der Waals surface area contributed by atoms with Gasteiger partial charge in [-0.1, -0.05) is 6.07 Å². The molecule has 3 aliphatic rings. The van der Waals surface area contributed by atoms with Crippen LogP contribution in [0.2, 0.25) is 0 Å². The van der Waals surface area contributed by atoms with Crippen molar-refractivity contribution in [1.82, 2.24) is 14.8 Å². The fourth-order valence-corrected chi connectivity index (χ4v) is 4.43. The molecule has 0 saturated carbocycles. The standard InChI is InChI=1S/C18H25N3O2/c22-17-6-2-8-21(17)16-13-20(11-14-4-1-7-19-10-14)12-15-5-3-9-23-18(15)16/h1,4,7,10,15-16,18H,2-3,5-6,8-9,11-13H2/t15-,16+,18-/m0/s1. The van der Waals surface area contributed by atoms with Crippen LogP contribution >= 0.6 is 0 Å². The van der Waals surface area contributed by atoms with Crippen LogP contribution in [0.15, 0.2) is 24.5 Å². The van der Waals surface area contributed by atoms with Gasteiger partial charge in [0.2, 0.25) is 5.91 Å². The van der Waals surface area contributed by atoms with Gasteiger partial charge in [0.1, 0.15) is 0 Å². The molecular weight excluding hydrogens is 290 g/mol. The van der Waals surface area contributed by atoms with Crippen molar-refractivity contribution in [1.29, 1.82) is 0 Å². The molecule has 5 heteroatoms. The first-order valence-corrected chi connectivity index (χ1v) is 8.83. The molecule has 23 heavy (non-hydrogen) atoms. The summed E-state index contributed by atoms with van der Waals surface area (Å²) in [6.07, 6.45) is 8.05. The number of ether oxygens (including phenoxy) is 1. The zero-order valence-corrected chi connectivity index (χ0v) is 13.6. The van der Waals surface area contributed by atoms with Gasteiger partial charge in [-0.3, -0.25) is 14.7 Å². The number of carbonyl (C=O) groups is 1. The summed E-state index contributed by atoms with van der Waals surface area (Å²) in [5, 5.41) is 0. The molecule has 0 radical (unpaired) electrons. The van der Waals surface area contributed by atoms with E-state index in [1.807, 2.05) is 18.5 Å². The van der Waals surface area contributed by atoms with E-state index in [0.29, 0.717) is 18.2 Å². The van der Waals surface area contributed by atoms with Crippen LogP contribution in [0.1, 0.15) is 31.2 Å². The average Bonchev–Trinajstić information content (AvgIpc) is 3.01. The van der Waals surface area contributed by atoms with Crippen LogP contribution in [0.3, 0.4) is 0 Å². The van der Waals surface area contributed by atoms with Gasteiger partial charge in [-0.15, -0.1) is 0 Å². The molecule has 1 aromatic heterocycles. The Kier molecular flexibility index (Phi) is 4.31. The van der Waals surface area contributed by atoms with Crippen LogP contribution in [-0.4, -0.2) is 59.1 Å². The number of amides is 1. The molecular formula is C18H25N3O2. The molecule has 4 rings (SSSR count). The number of nitrogens with zero attached hydrogens (tertiary/aromatic N) is 3. The maximum Gasteiger partial charge on any atom is 0.223 e. The van der Waals surface area contributed by atoms with E-state index in [1.54, 1.807) is 0 Å². The highest BCUT2D eigenvalue weighted by Gasteiger charge is 2.44. The van der Waals surface area contributed by atoms with E-state index in [0.717, 1.165) is 45.6 Å². The Bertz CT molecular complexity index is 550. The molecule has 0 aliphatic carbocycles. The van der Waals surface area contributed by atoms with E-state index in [2.05, 4.69) is 20.9 Å². The van der Waals surface area contributed by atoms with Crippen LogP contribution in [-0.2, 0) is 16.1 Å². The highest BCUT2D eigenvalue weighted by atomic mass is 16.5. The predicted molar refractivity (Wildman–Crippen MR) is 86.7 cm³/mol. The second-order valence-corrected chi connectivity index (χ2v) is 7.05. The number of pyridine rings is 1. The summed E-state index contributed by atoms with van der Waals surface area (Å²) >= 11 is 0. The van der Waals surface area contributed by atoms with Crippen molar-refractivity contribution in [2.75, 3.05) is 26.2 Å². The molecule has 4 heterocycles. The summed E-state index contributed by atoms with van der Waals surface area (Å²) in [5.74, 6) is 0.860. The van der Waals surface area contributed by atoms with E-state index in [1.165, 1.54) is 12.0 Å². The molecule has 3 fully saturated rings. The molecule has 3 saturated heterocycles. The van der Waals surface area contributed by atoms with Crippen LogP contribution < -0.4 is 0 Å². The number of likely N-dealkylation sites (tertiary alicyclic amines) is 2. The predicted octanol–water partition coefficient (Wildman–Crippen LogP) is 1.68. The molecule has 0 spiro atoms. The number of aromatic nitrogens is 1. The van der Waals surface area contributed by atoms with E-state index < -0.39 is 0 Å². The van der Waals surface area contributed by atoms with E-state index in [9.17, 15) is 4.79 Å². The molecule has 0 unspecified atom stereocenters. The van der Waals surface area contributed by atoms with E-state index in [4.69, 9.17) is 4.74 Å². The monoisotopic (exact) mass is 315 g/mol. The van der Waals surface area contributed by atoms with Crippen molar-refractivity contribution in [2.45, 2.75) is 44.4 Å². The van der Waals surface area contributed by atoms with Crippen LogP contribution in [0.5, 0.6) is 0 Å². The third kappa shape index (κ3) is 3.12. The minimum atomic E-state index is 0.223. The summed E-state index contributed by atoms with van der Waals surface area (Å²) in [4.78, 5) is 21.1. The van der Waals surface area contributed by atoms with Gasteiger partial charge in [0, 0.05) is 51.6 Å². The summed E-state index contributed by atoms with van der Waals surface area (Å²) in [5.41, 5.74) is 1.24. The lowest BCUT2D eigenvalue weighted by Gasteiger charge is -2.48. The topological polar surface area (TPSA) is 45.7 Å². The molecule has 1 aromatic rings. The fourth-order valence-electron chi connectivity index (χ4n) is 4.43.